The van der Waals surface area contributed by atoms with Gasteiger partial charge in [0, 0.05) is 29.7 Å². The van der Waals surface area contributed by atoms with Crippen molar-refractivity contribution in [3.8, 4) is 0 Å². The molecule has 5 heteroatoms. The molecule has 0 aliphatic heterocycles. The van der Waals surface area contributed by atoms with Crippen molar-refractivity contribution in [3.63, 3.8) is 0 Å². The van der Waals surface area contributed by atoms with Crippen LogP contribution in [0, 0.1) is 6.92 Å². The first kappa shape index (κ1) is 11.0. The van der Waals surface area contributed by atoms with Gasteiger partial charge in [0.2, 0.25) is 5.78 Å². The molecule has 0 fully saturated rings. The summed E-state index contributed by atoms with van der Waals surface area (Å²) < 4.78 is 1.83. The number of nitrogens with zero attached hydrogens (tertiary/aromatic N) is 2. The Bertz CT molecular complexity index is 501. The van der Waals surface area contributed by atoms with E-state index in [1.807, 2.05) is 22.9 Å². The maximum absolute atomic E-state index is 12.0. The highest BCUT2D eigenvalue weighted by Gasteiger charge is 2.14. The van der Waals surface area contributed by atoms with E-state index in [1.165, 1.54) is 0 Å². The normalized spacial score (nSPS) is 10.6. The van der Waals surface area contributed by atoms with Gasteiger partial charge in [0.25, 0.3) is 0 Å². The van der Waals surface area contributed by atoms with Gasteiger partial charge in [-0.2, -0.15) is 0 Å². The zero-order chi connectivity index (χ0) is 11.5. The maximum atomic E-state index is 12.0. The largest absolute Gasteiger partial charge is 0.335 e. The second kappa shape index (κ2) is 4.59. The molecule has 0 bridgehead atoms. The van der Waals surface area contributed by atoms with Crippen LogP contribution >= 0.6 is 11.3 Å². The molecule has 0 amide bonds. The zero-order valence-corrected chi connectivity index (χ0v) is 9.83. The Kier molecular flexibility index (Phi) is 3.17. The van der Waals surface area contributed by atoms with Crippen molar-refractivity contribution >= 4 is 17.1 Å². The van der Waals surface area contributed by atoms with Crippen molar-refractivity contribution in [2.75, 3.05) is 6.54 Å². The summed E-state index contributed by atoms with van der Waals surface area (Å²) in [5, 5.41) is 1.92. The summed E-state index contributed by atoms with van der Waals surface area (Å²) in [7, 11) is 0. The number of ketones is 1. The van der Waals surface area contributed by atoms with Crippen molar-refractivity contribution in [3.05, 3.63) is 40.1 Å². The molecule has 2 aromatic heterocycles. The smallest absolute Gasteiger partial charge is 0.214 e. The lowest BCUT2D eigenvalue weighted by molar-refractivity contribution is 0.103. The molecule has 2 heterocycles. The number of imidazole rings is 1. The molecule has 0 spiro atoms. The van der Waals surface area contributed by atoms with Gasteiger partial charge >= 0.3 is 0 Å². The second-order valence-electron chi connectivity index (χ2n) is 3.50. The van der Waals surface area contributed by atoms with Crippen molar-refractivity contribution in [2.45, 2.75) is 13.5 Å². The Balaban J connectivity index is 2.24. The van der Waals surface area contributed by atoms with E-state index >= 15 is 0 Å². The number of carbonyl (C=O) groups is 1. The fourth-order valence-corrected chi connectivity index (χ4v) is 2.20. The van der Waals surface area contributed by atoms with Gasteiger partial charge in [-0.05, 0) is 18.4 Å². The van der Waals surface area contributed by atoms with E-state index in [2.05, 4.69) is 4.98 Å². The molecule has 0 aliphatic rings. The summed E-state index contributed by atoms with van der Waals surface area (Å²) in [6, 6.07) is 1.84. The molecule has 0 aliphatic carbocycles. The minimum absolute atomic E-state index is 0.0190. The molecule has 0 radical (unpaired) electrons. The number of nitrogens with two attached hydrogens (primary N) is 1. The van der Waals surface area contributed by atoms with Gasteiger partial charge in [-0.3, -0.25) is 4.79 Å². The number of rotatable bonds is 4. The lowest BCUT2D eigenvalue weighted by Crippen LogP contribution is -2.08. The van der Waals surface area contributed by atoms with E-state index in [9.17, 15) is 4.79 Å². The average Bonchev–Trinajstić information content (AvgIpc) is 2.87. The molecule has 16 heavy (non-hydrogen) atoms. The molecule has 0 aromatic carbocycles. The van der Waals surface area contributed by atoms with Crippen LogP contribution in [0.1, 0.15) is 20.9 Å². The molecule has 4 nitrogen and oxygen atoms in total. The second-order valence-corrected chi connectivity index (χ2v) is 4.63. The zero-order valence-electron chi connectivity index (χ0n) is 9.01. The molecule has 2 rings (SSSR count). The molecule has 0 saturated heterocycles. The van der Waals surface area contributed by atoms with Crippen molar-refractivity contribution in [1.29, 1.82) is 0 Å². The summed E-state index contributed by atoms with van der Waals surface area (Å²) in [5.41, 5.74) is 6.65. The predicted octanol–water partition coefficient (Wildman–Crippen LogP) is 1.44. The molecule has 0 saturated carbocycles. The third-order valence-electron chi connectivity index (χ3n) is 2.36. The van der Waals surface area contributed by atoms with E-state index in [-0.39, 0.29) is 5.78 Å². The van der Waals surface area contributed by atoms with Gasteiger partial charge in [-0.15, -0.1) is 11.3 Å². The number of hydrogen-bond donors (Lipinski definition) is 1. The van der Waals surface area contributed by atoms with Gasteiger partial charge < -0.3 is 10.3 Å². The Morgan fingerprint density at radius 2 is 2.44 bits per heavy atom. The van der Waals surface area contributed by atoms with E-state index in [0.29, 0.717) is 18.8 Å². The first-order valence-electron chi connectivity index (χ1n) is 5.03. The standard InChI is InChI=1S/C11H13N3OS/c1-8-9(2-5-16-8)11(15)10-6-14(4-3-12)7-13-10/h2,5-7H,3-4,12H2,1H3. The highest BCUT2D eigenvalue weighted by atomic mass is 32.1. The average molecular weight is 235 g/mol. The third kappa shape index (κ3) is 2.05. The van der Waals surface area contributed by atoms with E-state index in [1.54, 1.807) is 23.9 Å². The molecular formula is C11H13N3OS. The predicted molar refractivity (Wildman–Crippen MR) is 63.8 cm³/mol. The maximum Gasteiger partial charge on any atom is 0.214 e. The van der Waals surface area contributed by atoms with Gasteiger partial charge in [0.1, 0.15) is 5.69 Å². The molecular weight excluding hydrogens is 222 g/mol. The molecule has 2 aromatic rings. The number of carbonyl (C=O) groups excluding carboxylic acids is 1. The lowest BCUT2D eigenvalue weighted by atomic mass is 10.1. The molecule has 2 N–H and O–H groups in total. The van der Waals surface area contributed by atoms with Crippen molar-refractivity contribution in [2.24, 2.45) is 5.73 Å². The van der Waals surface area contributed by atoms with Crippen molar-refractivity contribution < 1.29 is 4.79 Å². The molecule has 0 unspecified atom stereocenters. The Morgan fingerprint density at radius 1 is 1.62 bits per heavy atom. The quantitative estimate of drug-likeness (QED) is 0.816. The van der Waals surface area contributed by atoms with Crippen LogP contribution in [0.4, 0.5) is 0 Å². The first-order chi connectivity index (χ1) is 7.72. The summed E-state index contributed by atoms with van der Waals surface area (Å²) in [6.45, 7) is 3.17. The number of hydrogen-bond acceptors (Lipinski definition) is 4. The van der Waals surface area contributed by atoms with Crippen LogP contribution in [-0.4, -0.2) is 21.9 Å². The summed E-state index contributed by atoms with van der Waals surface area (Å²) in [4.78, 5) is 17.2. The van der Waals surface area contributed by atoms with E-state index < -0.39 is 0 Å². The minimum Gasteiger partial charge on any atom is -0.335 e. The number of thiophene rings is 1. The van der Waals surface area contributed by atoms with Crippen molar-refractivity contribution in [1.82, 2.24) is 9.55 Å². The Morgan fingerprint density at radius 3 is 3.06 bits per heavy atom. The SMILES string of the molecule is Cc1sccc1C(=O)c1cn(CCN)cn1. The van der Waals surface area contributed by atoms with Gasteiger partial charge in [-0.25, -0.2) is 4.98 Å². The lowest BCUT2D eigenvalue weighted by Gasteiger charge is -1.96. The monoisotopic (exact) mass is 235 g/mol. The van der Waals surface area contributed by atoms with Crippen LogP contribution in [0.2, 0.25) is 0 Å². The third-order valence-corrected chi connectivity index (χ3v) is 3.20. The van der Waals surface area contributed by atoms with E-state index in [0.717, 1.165) is 10.4 Å². The number of aryl methyl sites for hydroxylation is 1. The van der Waals surface area contributed by atoms with Crippen LogP contribution in [0.15, 0.2) is 24.0 Å². The first-order valence-corrected chi connectivity index (χ1v) is 5.91. The van der Waals surface area contributed by atoms with Crippen LogP contribution in [0.3, 0.4) is 0 Å². The van der Waals surface area contributed by atoms with Crippen LogP contribution < -0.4 is 5.73 Å². The molecule has 0 atom stereocenters. The van der Waals surface area contributed by atoms with Gasteiger partial charge in [0.15, 0.2) is 0 Å². The summed E-state index contributed by atoms with van der Waals surface area (Å²) in [6.07, 6.45) is 3.38. The topological polar surface area (TPSA) is 60.9 Å². The molecule has 84 valence electrons. The van der Waals surface area contributed by atoms with Crippen LogP contribution in [-0.2, 0) is 6.54 Å². The van der Waals surface area contributed by atoms with Crippen LogP contribution in [0.25, 0.3) is 0 Å². The van der Waals surface area contributed by atoms with E-state index in [4.69, 9.17) is 5.73 Å². The Labute approximate surface area is 97.7 Å². The Hall–Kier alpha value is -1.46. The fraction of sp³-hybridized carbons (Fsp3) is 0.273. The van der Waals surface area contributed by atoms with Gasteiger partial charge in [-0.1, -0.05) is 0 Å². The van der Waals surface area contributed by atoms with Crippen LogP contribution in [0.5, 0.6) is 0 Å². The highest BCUT2D eigenvalue weighted by molar-refractivity contribution is 7.10. The summed E-state index contributed by atoms with van der Waals surface area (Å²) >= 11 is 1.57. The highest BCUT2D eigenvalue weighted by Crippen LogP contribution is 2.18. The minimum atomic E-state index is -0.0190. The number of aromatic nitrogens is 2. The summed E-state index contributed by atoms with van der Waals surface area (Å²) in [5.74, 6) is -0.0190. The van der Waals surface area contributed by atoms with Gasteiger partial charge in [0.05, 0.1) is 6.33 Å². The fourth-order valence-electron chi connectivity index (χ4n) is 1.51.